The lowest BCUT2D eigenvalue weighted by Crippen LogP contribution is -2.32. The summed E-state index contributed by atoms with van der Waals surface area (Å²) in [5, 5.41) is 0. The maximum absolute atomic E-state index is 5.33. The maximum Gasteiger partial charge on any atom is 0.0870 e. The summed E-state index contributed by atoms with van der Waals surface area (Å²) >= 11 is 4.74. The van der Waals surface area contributed by atoms with Crippen molar-refractivity contribution < 1.29 is 0 Å². The van der Waals surface area contributed by atoms with E-state index >= 15 is 0 Å². The smallest absolute Gasteiger partial charge is 0.0870 e. The molecule has 3 heteroatoms. The van der Waals surface area contributed by atoms with E-state index in [0.29, 0.717) is 4.99 Å². The molecule has 0 rings (SSSR count). The number of thiocarbonyl (C=S) groups is 1. The molecule has 0 heterocycles. The fourth-order valence-corrected chi connectivity index (χ4v) is 0.850. The molecule has 0 amide bonds. The predicted molar refractivity (Wildman–Crippen MR) is 44.6 cm³/mol. The van der Waals surface area contributed by atoms with Crippen molar-refractivity contribution in [2.75, 3.05) is 19.6 Å². The summed E-state index contributed by atoms with van der Waals surface area (Å²) in [4.78, 5) is 2.76. The molecule has 0 aliphatic rings. The second-order valence-electron chi connectivity index (χ2n) is 1.93. The third kappa shape index (κ3) is 4.36. The van der Waals surface area contributed by atoms with Crippen LogP contribution in [0.3, 0.4) is 0 Å². The van der Waals surface area contributed by atoms with Gasteiger partial charge in [0, 0.05) is 6.54 Å². The molecule has 0 aliphatic carbocycles. The van der Waals surface area contributed by atoms with Gasteiger partial charge in [0.25, 0.3) is 0 Å². The number of rotatable bonds is 4. The van der Waals surface area contributed by atoms with Crippen LogP contribution in [0.5, 0.6) is 0 Å². The van der Waals surface area contributed by atoms with E-state index in [2.05, 4.69) is 18.7 Å². The number of likely N-dealkylation sites (N-methyl/N-ethyl adjacent to an activating group) is 1. The first kappa shape index (κ1) is 8.85. The first-order chi connectivity index (χ1) is 4.20. The Morgan fingerprint density at radius 3 is 2.00 bits per heavy atom. The number of nitrogens with two attached hydrogens (primary N) is 1. The lowest BCUT2D eigenvalue weighted by molar-refractivity contribution is 0.348. The number of nitrogens with zero attached hydrogens (tertiary/aromatic N) is 1. The predicted octanol–water partition coefficient (Wildman–Crippen LogP) is 0.614. The van der Waals surface area contributed by atoms with E-state index in [1.165, 1.54) is 0 Å². The van der Waals surface area contributed by atoms with E-state index in [4.69, 9.17) is 18.0 Å². The van der Waals surface area contributed by atoms with Crippen molar-refractivity contribution in [3.8, 4) is 0 Å². The minimum Gasteiger partial charge on any atom is -0.392 e. The fraction of sp³-hybridized carbons (Fsp3) is 0.833. The van der Waals surface area contributed by atoms with Crippen LogP contribution < -0.4 is 5.73 Å². The molecule has 0 unspecified atom stereocenters. The Hall–Kier alpha value is -0.150. The zero-order chi connectivity index (χ0) is 7.28. The van der Waals surface area contributed by atoms with Gasteiger partial charge in [-0.2, -0.15) is 0 Å². The van der Waals surface area contributed by atoms with Crippen LogP contribution in [0.15, 0.2) is 0 Å². The summed E-state index contributed by atoms with van der Waals surface area (Å²) in [5.74, 6) is 0. The van der Waals surface area contributed by atoms with Gasteiger partial charge in [0.05, 0.1) is 4.99 Å². The van der Waals surface area contributed by atoms with Gasteiger partial charge in [-0.05, 0) is 13.1 Å². The van der Waals surface area contributed by atoms with Crippen LogP contribution in [0.1, 0.15) is 13.8 Å². The maximum atomic E-state index is 5.33. The van der Waals surface area contributed by atoms with E-state index in [1.807, 2.05) is 0 Å². The molecule has 0 saturated heterocycles. The van der Waals surface area contributed by atoms with Gasteiger partial charge in [-0.25, -0.2) is 0 Å². The molecule has 0 saturated carbocycles. The van der Waals surface area contributed by atoms with Crippen LogP contribution in [0.25, 0.3) is 0 Å². The molecule has 0 aromatic rings. The summed E-state index contributed by atoms with van der Waals surface area (Å²) in [6.45, 7) is 6.99. The van der Waals surface area contributed by atoms with Gasteiger partial charge >= 0.3 is 0 Å². The molecule has 0 fully saturated rings. The van der Waals surface area contributed by atoms with Crippen LogP contribution in [0.4, 0.5) is 0 Å². The highest BCUT2D eigenvalue weighted by atomic mass is 32.1. The van der Waals surface area contributed by atoms with Gasteiger partial charge in [-0.15, -0.1) is 0 Å². The molecule has 0 aromatic heterocycles. The standard InChI is InChI=1S/C6H14N2S/c1-3-8(4-2)5-6(7)9/h3-5H2,1-2H3,(H2,7,9). The van der Waals surface area contributed by atoms with Gasteiger partial charge < -0.3 is 5.73 Å². The second-order valence-corrected chi connectivity index (χ2v) is 2.45. The van der Waals surface area contributed by atoms with E-state index < -0.39 is 0 Å². The summed E-state index contributed by atoms with van der Waals surface area (Å²) in [5.41, 5.74) is 5.33. The van der Waals surface area contributed by atoms with Crippen molar-refractivity contribution in [1.29, 1.82) is 0 Å². The molecule has 54 valence electrons. The largest absolute Gasteiger partial charge is 0.392 e. The molecule has 0 atom stereocenters. The third-order valence-corrected chi connectivity index (χ3v) is 1.40. The Labute approximate surface area is 62.0 Å². The summed E-state index contributed by atoms with van der Waals surface area (Å²) < 4.78 is 0. The number of hydrogen-bond acceptors (Lipinski definition) is 2. The van der Waals surface area contributed by atoms with Crippen LogP contribution in [-0.4, -0.2) is 29.5 Å². The normalized spacial score (nSPS) is 10.1. The monoisotopic (exact) mass is 146 g/mol. The first-order valence-corrected chi connectivity index (χ1v) is 3.62. The summed E-state index contributed by atoms with van der Waals surface area (Å²) in [6, 6.07) is 0. The minimum absolute atomic E-state index is 0.582. The van der Waals surface area contributed by atoms with Crippen LogP contribution >= 0.6 is 12.2 Å². The number of hydrogen-bond donors (Lipinski definition) is 1. The highest BCUT2D eigenvalue weighted by Crippen LogP contribution is 1.84. The quantitative estimate of drug-likeness (QED) is 0.589. The van der Waals surface area contributed by atoms with Crippen molar-refractivity contribution in [2.24, 2.45) is 5.73 Å². The molecule has 0 aromatic carbocycles. The molecular weight excluding hydrogens is 132 g/mol. The molecule has 0 radical (unpaired) electrons. The molecule has 2 N–H and O–H groups in total. The lowest BCUT2D eigenvalue weighted by Gasteiger charge is -2.15. The zero-order valence-corrected chi connectivity index (χ0v) is 6.87. The van der Waals surface area contributed by atoms with Gasteiger partial charge in [0.1, 0.15) is 0 Å². The van der Waals surface area contributed by atoms with Crippen molar-refractivity contribution in [3.05, 3.63) is 0 Å². The van der Waals surface area contributed by atoms with Crippen LogP contribution in [-0.2, 0) is 0 Å². The molecule has 0 bridgehead atoms. The van der Waals surface area contributed by atoms with Gasteiger partial charge in [0.2, 0.25) is 0 Å². The van der Waals surface area contributed by atoms with Crippen molar-refractivity contribution in [3.63, 3.8) is 0 Å². The van der Waals surface area contributed by atoms with Crippen LogP contribution in [0.2, 0.25) is 0 Å². The Balaban J connectivity index is 3.43. The first-order valence-electron chi connectivity index (χ1n) is 3.21. The molecule has 2 nitrogen and oxygen atoms in total. The highest BCUT2D eigenvalue weighted by Gasteiger charge is 1.97. The average Bonchev–Trinajstić information content (AvgIpc) is 1.82. The topological polar surface area (TPSA) is 29.3 Å². The van der Waals surface area contributed by atoms with Gasteiger partial charge in [-0.1, -0.05) is 26.1 Å². The summed E-state index contributed by atoms with van der Waals surface area (Å²) in [7, 11) is 0. The Kier molecular flexibility index (Phi) is 4.62. The molecule has 0 aliphatic heterocycles. The van der Waals surface area contributed by atoms with Gasteiger partial charge in [0.15, 0.2) is 0 Å². The van der Waals surface area contributed by atoms with E-state index in [0.717, 1.165) is 19.6 Å². The lowest BCUT2D eigenvalue weighted by atomic mass is 10.5. The Morgan fingerprint density at radius 2 is 1.89 bits per heavy atom. The van der Waals surface area contributed by atoms with Gasteiger partial charge in [-0.3, -0.25) is 4.90 Å². The second kappa shape index (κ2) is 4.70. The van der Waals surface area contributed by atoms with Crippen molar-refractivity contribution in [1.82, 2.24) is 4.90 Å². The Bertz CT molecular complexity index is 89.1. The summed E-state index contributed by atoms with van der Waals surface area (Å²) in [6.07, 6.45) is 0. The van der Waals surface area contributed by atoms with Crippen molar-refractivity contribution >= 4 is 17.2 Å². The zero-order valence-electron chi connectivity index (χ0n) is 6.05. The van der Waals surface area contributed by atoms with E-state index in [9.17, 15) is 0 Å². The fourth-order valence-electron chi connectivity index (χ4n) is 0.668. The molecular formula is C6H14N2S. The minimum atomic E-state index is 0.582. The van der Waals surface area contributed by atoms with E-state index in [1.54, 1.807) is 0 Å². The van der Waals surface area contributed by atoms with Crippen LogP contribution in [0, 0.1) is 0 Å². The highest BCUT2D eigenvalue weighted by molar-refractivity contribution is 7.80. The SMILES string of the molecule is CCN(CC)CC(N)=S. The molecule has 0 spiro atoms. The third-order valence-electron chi connectivity index (χ3n) is 1.27. The Morgan fingerprint density at radius 1 is 1.44 bits per heavy atom. The van der Waals surface area contributed by atoms with E-state index in [-0.39, 0.29) is 0 Å². The van der Waals surface area contributed by atoms with Crippen molar-refractivity contribution in [2.45, 2.75) is 13.8 Å². The molecule has 9 heavy (non-hydrogen) atoms. The average molecular weight is 146 g/mol.